The third-order valence-corrected chi connectivity index (χ3v) is 3.32. The monoisotopic (exact) mass is 322 g/mol. The Kier molecular flexibility index (Phi) is 4.29. The van der Waals surface area contributed by atoms with Gasteiger partial charge in [-0.05, 0) is 39.7 Å². The lowest BCUT2D eigenvalue weighted by Gasteiger charge is -2.13. The van der Waals surface area contributed by atoms with Gasteiger partial charge < -0.3 is 11.1 Å². The summed E-state index contributed by atoms with van der Waals surface area (Å²) in [5.41, 5.74) is 6.91. The van der Waals surface area contributed by atoms with E-state index in [4.69, 9.17) is 5.73 Å². The molecule has 0 aliphatic carbocycles. The molecule has 98 valence electrons. The maximum atomic E-state index is 13.1. The summed E-state index contributed by atoms with van der Waals surface area (Å²) in [5, 5.41) is 2.60. The molecule has 19 heavy (non-hydrogen) atoms. The molecule has 2 aromatic carbocycles. The van der Waals surface area contributed by atoms with Gasteiger partial charge in [-0.15, -0.1) is 0 Å². The van der Waals surface area contributed by atoms with Crippen molar-refractivity contribution in [3.8, 4) is 0 Å². The van der Waals surface area contributed by atoms with Crippen molar-refractivity contribution in [2.45, 2.75) is 6.04 Å². The Labute approximate surface area is 118 Å². The van der Waals surface area contributed by atoms with E-state index in [0.717, 1.165) is 0 Å². The van der Waals surface area contributed by atoms with Crippen LogP contribution in [0.2, 0.25) is 0 Å². The maximum Gasteiger partial charge on any atom is 0.245 e. The van der Waals surface area contributed by atoms with Crippen LogP contribution in [0, 0.1) is 5.82 Å². The zero-order chi connectivity index (χ0) is 13.8. The minimum Gasteiger partial charge on any atom is -0.323 e. The highest BCUT2D eigenvalue weighted by atomic mass is 79.9. The second kappa shape index (κ2) is 5.95. The van der Waals surface area contributed by atoms with E-state index in [1.54, 1.807) is 24.3 Å². The molecule has 0 unspecified atom stereocenters. The fourth-order valence-corrected chi connectivity index (χ4v) is 1.96. The summed E-state index contributed by atoms with van der Waals surface area (Å²) in [4.78, 5) is 12.0. The van der Waals surface area contributed by atoms with Gasteiger partial charge in [0.2, 0.25) is 5.91 Å². The average molecular weight is 323 g/mol. The van der Waals surface area contributed by atoms with Crippen molar-refractivity contribution in [2.75, 3.05) is 5.32 Å². The van der Waals surface area contributed by atoms with Gasteiger partial charge in [0, 0.05) is 4.47 Å². The third kappa shape index (κ3) is 3.39. The number of amides is 1. The zero-order valence-electron chi connectivity index (χ0n) is 9.94. The molecule has 3 N–H and O–H groups in total. The van der Waals surface area contributed by atoms with Crippen LogP contribution in [0.3, 0.4) is 0 Å². The quantitative estimate of drug-likeness (QED) is 0.911. The van der Waals surface area contributed by atoms with E-state index in [1.165, 1.54) is 18.2 Å². The van der Waals surface area contributed by atoms with Crippen LogP contribution in [0.15, 0.2) is 53.0 Å². The molecule has 0 spiro atoms. The van der Waals surface area contributed by atoms with Crippen LogP contribution in [0.1, 0.15) is 11.6 Å². The number of halogens is 2. The van der Waals surface area contributed by atoms with E-state index in [9.17, 15) is 9.18 Å². The predicted octanol–water partition coefficient (Wildman–Crippen LogP) is 3.23. The second-order valence-corrected chi connectivity index (χ2v) is 4.86. The van der Waals surface area contributed by atoms with Gasteiger partial charge in [-0.3, -0.25) is 4.79 Å². The molecule has 3 nitrogen and oxygen atoms in total. The first-order valence-corrected chi connectivity index (χ1v) is 6.43. The summed E-state index contributed by atoms with van der Waals surface area (Å²) < 4.78 is 13.7. The Morgan fingerprint density at radius 3 is 2.58 bits per heavy atom. The molecule has 1 amide bonds. The van der Waals surface area contributed by atoms with E-state index >= 15 is 0 Å². The van der Waals surface area contributed by atoms with Crippen LogP contribution in [-0.4, -0.2) is 5.91 Å². The number of nitrogens with two attached hydrogens (primary N) is 1. The van der Waals surface area contributed by atoms with Gasteiger partial charge in [-0.1, -0.05) is 30.3 Å². The minimum absolute atomic E-state index is 0.358. The predicted molar refractivity (Wildman–Crippen MR) is 76.1 cm³/mol. The number of anilines is 1. The standard InChI is InChI=1S/C14H12BrFN2O/c15-11-7-6-10(16)8-12(11)18-14(19)13(17)9-4-2-1-3-5-9/h1-8,13H,17H2,(H,18,19)/t13-/m1/s1. The summed E-state index contributed by atoms with van der Waals surface area (Å²) in [5.74, 6) is -0.815. The number of nitrogens with one attached hydrogen (secondary N) is 1. The minimum atomic E-state index is -0.795. The largest absolute Gasteiger partial charge is 0.323 e. The van der Waals surface area contributed by atoms with Crippen molar-refractivity contribution in [1.82, 2.24) is 0 Å². The molecule has 2 rings (SSSR count). The van der Waals surface area contributed by atoms with Crippen molar-refractivity contribution < 1.29 is 9.18 Å². The van der Waals surface area contributed by atoms with Crippen LogP contribution >= 0.6 is 15.9 Å². The molecule has 0 aromatic heterocycles. The Bertz CT molecular complexity index is 589. The lowest BCUT2D eigenvalue weighted by atomic mass is 10.1. The van der Waals surface area contributed by atoms with Crippen molar-refractivity contribution >= 4 is 27.5 Å². The first-order chi connectivity index (χ1) is 9.08. The van der Waals surface area contributed by atoms with Crippen molar-refractivity contribution in [2.24, 2.45) is 5.73 Å². The third-order valence-electron chi connectivity index (χ3n) is 2.63. The molecule has 1 atom stereocenters. The van der Waals surface area contributed by atoms with E-state index in [-0.39, 0.29) is 0 Å². The first-order valence-electron chi connectivity index (χ1n) is 5.64. The number of carbonyl (C=O) groups excluding carboxylic acids is 1. The van der Waals surface area contributed by atoms with Gasteiger partial charge in [0.15, 0.2) is 0 Å². The van der Waals surface area contributed by atoms with Crippen molar-refractivity contribution in [3.63, 3.8) is 0 Å². The Hall–Kier alpha value is -1.72. The van der Waals surface area contributed by atoms with Gasteiger partial charge >= 0.3 is 0 Å². The molecule has 0 radical (unpaired) electrons. The van der Waals surface area contributed by atoms with Crippen LogP contribution in [0.5, 0.6) is 0 Å². The molecule has 0 saturated heterocycles. The lowest BCUT2D eigenvalue weighted by molar-refractivity contribution is -0.117. The highest BCUT2D eigenvalue weighted by molar-refractivity contribution is 9.10. The molecule has 0 heterocycles. The average Bonchev–Trinajstić information content (AvgIpc) is 2.43. The molecule has 0 saturated carbocycles. The highest BCUT2D eigenvalue weighted by Crippen LogP contribution is 2.24. The Morgan fingerprint density at radius 1 is 1.21 bits per heavy atom. The SMILES string of the molecule is N[C@@H](C(=O)Nc1cc(F)ccc1Br)c1ccccc1. The fraction of sp³-hybridized carbons (Fsp3) is 0.0714. The van der Waals surface area contributed by atoms with Crippen molar-refractivity contribution in [3.05, 3.63) is 64.4 Å². The molecular weight excluding hydrogens is 311 g/mol. The summed E-state index contributed by atoms with van der Waals surface area (Å²) in [6, 6.07) is 12.3. The number of hydrogen-bond donors (Lipinski definition) is 2. The fourth-order valence-electron chi connectivity index (χ4n) is 1.62. The van der Waals surface area contributed by atoms with Crippen LogP contribution in [0.25, 0.3) is 0 Å². The van der Waals surface area contributed by atoms with Gasteiger partial charge in [-0.25, -0.2) is 4.39 Å². The van der Waals surface area contributed by atoms with Crippen molar-refractivity contribution in [1.29, 1.82) is 0 Å². The number of hydrogen-bond acceptors (Lipinski definition) is 2. The molecule has 0 bridgehead atoms. The van der Waals surface area contributed by atoms with Crippen LogP contribution < -0.4 is 11.1 Å². The highest BCUT2D eigenvalue weighted by Gasteiger charge is 2.16. The zero-order valence-corrected chi connectivity index (χ0v) is 11.5. The van der Waals surface area contributed by atoms with E-state index in [2.05, 4.69) is 21.2 Å². The van der Waals surface area contributed by atoms with E-state index in [0.29, 0.717) is 15.7 Å². The summed E-state index contributed by atoms with van der Waals surface area (Å²) in [6.07, 6.45) is 0. The van der Waals surface area contributed by atoms with Gasteiger partial charge in [-0.2, -0.15) is 0 Å². The molecule has 5 heteroatoms. The van der Waals surface area contributed by atoms with Crippen LogP contribution in [0.4, 0.5) is 10.1 Å². The number of rotatable bonds is 3. The van der Waals surface area contributed by atoms with E-state index in [1.807, 2.05) is 6.07 Å². The maximum absolute atomic E-state index is 13.1. The number of carbonyl (C=O) groups is 1. The van der Waals surface area contributed by atoms with Gasteiger partial charge in [0.1, 0.15) is 11.9 Å². The lowest BCUT2D eigenvalue weighted by Crippen LogP contribution is -2.27. The smallest absolute Gasteiger partial charge is 0.245 e. The molecule has 2 aromatic rings. The van der Waals surface area contributed by atoms with Gasteiger partial charge in [0.05, 0.1) is 5.69 Å². The summed E-state index contributed by atoms with van der Waals surface area (Å²) in [7, 11) is 0. The molecular formula is C14H12BrFN2O. The Morgan fingerprint density at radius 2 is 1.89 bits per heavy atom. The summed E-state index contributed by atoms with van der Waals surface area (Å²) >= 11 is 3.24. The molecule has 0 fully saturated rings. The first kappa shape index (κ1) is 13.7. The summed E-state index contributed by atoms with van der Waals surface area (Å²) in [6.45, 7) is 0. The van der Waals surface area contributed by atoms with Gasteiger partial charge in [0.25, 0.3) is 0 Å². The molecule has 0 aliphatic rings. The Balaban J connectivity index is 2.15. The van der Waals surface area contributed by atoms with Crippen LogP contribution in [-0.2, 0) is 4.79 Å². The molecule has 0 aliphatic heterocycles. The van der Waals surface area contributed by atoms with E-state index < -0.39 is 17.8 Å². The second-order valence-electron chi connectivity index (χ2n) is 4.00. The number of benzene rings is 2. The topological polar surface area (TPSA) is 55.1 Å². The normalized spacial score (nSPS) is 11.9.